The van der Waals surface area contributed by atoms with Crippen LogP contribution >= 0.6 is 11.3 Å². The number of nitrogens with zero attached hydrogens (tertiary/aromatic N) is 1. The predicted octanol–water partition coefficient (Wildman–Crippen LogP) is 4.00. The Kier molecular flexibility index (Phi) is 4.89. The zero-order chi connectivity index (χ0) is 14.6. The summed E-state index contributed by atoms with van der Waals surface area (Å²) in [5, 5.41) is 5.50. The lowest BCUT2D eigenvalue weighted by Gasteiger charge is -2.25. The number of thiazole rings is 1. The first kappa shape index (κ1) is 15.1. The number of aromatic nitrogens is 1. The van der Waals surface area contributed by atoms with E-state index in [2.05, 4.69) is 31.1 Å². The van der Waals surface area contributed by atoms with Gasteiger partial charge in [0.25, 0.3) is 0 Å². The molecule has 0 spiro atoms. The van der Waals surface area contributed by atoms with Gasteiger partial charge in [-0.2, -0.15) is 0 Å². The van der Waals surface area contributed by atoms with Crippen molar-refractivity contribution in [2.24, 2.45) is 0 Å². The average Bonchev–Trinajstić information content (AvgIpc) is 2.87. The highest BCUT2D eigenvalue weighted by molar-refractivity contribution is 7.07. The summed E-state index contributed by atoms with van der Waals surface area (Å²) in [5.74, 6) is -0.0408. The van der Waals surface area contributed by atoms with Crippen LogP contribution < -0.4 is 5.32 Å². The van der Waals surface area contributed by atoms with Gasteiger partial charge in [-0.05, 0) is 38.8 Å². The standard InChI is InChI=1S/C16H21FN2S/c1-16(2,3)19-9-12(8-13-10-20-11-18-13)14-6-4-5-7-15(14)17/h4-7,10-12,19H,8-9H2,1-3H3. The third kappa shape index (κ3) is 4.39. The molecule has 1 aromatic carbocycles. The Hall–Kier alpha value is -1.26. The lowest BCUT2D eigenvalue weighted by Crippen LogP contribution is -2.39. The summed E-state index contributed by atoms with van der Waals surface area (Å²) in [6.07, 6.45) is 0.757. The van der Waals surface area contributed by atoms with Crippen LogP contribution in [0.1, 0.15) is 37.9 Å². The van der Waals surface area contributed by atoms with E-state index in [9.17, 15) is 4.39 Å². The minimum absolute atomic E-state index is 0.0194. The third-order valence-electron chi connectivity index (χ3n) is 3.16. The fourth-order valence-electron chi connectivity index (χ4n) is 2.12. The van der Waals surface area contributed by atoms with Crippen molar-refractivity contribution in [2.45, 2.75) is 38.6 Å². The number of benzene rings is 1. The van der Waals surface area contributed by atoms with E-state index in [0.29, 0.717) is 0 Å². The molecule has 0 aliphatic rings. The topological polar surface area (TPSA) is 24.9 Å². The Morgan fingerprint density at radius 3 is 2.65 bits per heavy atom. The van der Waals surface area contributed by atoms with Crippen molar-refractivity contribution in [1.29, 1.82) is 0 Å². The van der Waals surface area contributed by atoms with E-state index in [1.165, 1.54) is 6.07 Å². The molecule has 0 radical (unpaired) electrons. The van der Waals surface area contributed by atoms with Gasteiger partial charge in [-0.15, -0.1) is 11.3 Å². The van der Waals surface area contributed by atoms with Gasteiger partial charge in [-0.3, -0.25) is 0 Å². The summed E-state index contributed by atoms with van der Waals surface area (Å²) in [5.41, 5.74) is 3.63. The molecule has 1 atom stereocenters. The Balaban J connectivity index is 2.17. The van der Waals surface area contributed by atoms with Crippen molar-refractivity contribution in [3.63, 3.8) is 0 Å². The fraction of sp³-hybridized carbons (Fsp3) is 0.438. The number of rotatable bonds is 5. The molecule has 4 heteroatoms. The summed E-state index contributed by atoms with van der Waals surface area (Å²) in [6.45, 7) is 7.10. The maximum atomic E-state index is 14.0. The van der Waals surface area contributed by atoms with E-state index < -0.39 is 0 Å². The monoisotopic (exact) mass is 292 g/mol. The predicted molar refractivity (Wildman–Crippen MR) is 82.7 cm³/mol. The average molecular weight is 292 g/mol. The fourth-order valence-corrected chi connectivity index (χ4v) is 2.69. The Morgan fingerprint density at radius 2 is 2.05 bits per heavy atom. The maximum Gasteiger partial charge on any atom is 0.126 e. The van der Waals surface area contributed by atoms with Crippen molar-refractivity contribution in [3.8, 4) is 0 Å². The van der Waals surface area contributed by atoms with E-state index in [1.807, 2.05) is 23.0 Å². The summed E-state index contributed by atoms with van der Waals surface area (Å²) in [4.78, 5) is 4.32. The van der Waals surface area contributed by atoms with Crippen molar-refractivity contribution in [3.05, 3.63) is 52.2 Å². The smallest absolute Gasteiger partial charge is 0.126 e. The molecule has 1 heterocycles. The van der Waals surface area contributed by atoms with Crippen LogP contribution in [0, 0.1) is 5.82 Å². The maximum absolute atomic E-state index is 14.0. The Bertz CT molecular complexity index is 532. The molecule has 0 bridgehead atoms. The van der Waals surface area contributed by atoms with Crippen molar-refractivity contribution in [1.82, 2.24) is 10.3 Å². The first-order valence-corrected chi connectivity index (χ1v) is 7.76. The SMILES string of the molecule is CC(C)(C)NCC(Cc1cscn1)c1ccccc1F. The number of hydrogen-bond acceptors (Lipinski definition) is 3. The van der Waals surface area contributed by atoms with Crippen LogP contribution in [0.15, 0.2) is 35.2 Å². The molecule has 0 aliphatic carbocycles. The van der Waals surface area contributed by atoms with Gasteiger partial charge in [-0.25, -0.2) is 9.37 Å². The molecule has 1 aromatic heterocycles. The normalized spacial score (nSPS) is 13.4. The minimum Gasteiger partial charge on any atom is -0.311 e. The summed E-state index contributed by atoms with van der Waals surface area (Å²) >= 11 is 1.58. The van der Waals surface area contributed by atoms with E-state index in [1.54, 1.807) is 17.4 Å². The molecule has 1 N–H and O–H groups in total. The number of halogens is 1. The first-order valence-electron chi connectivity index (χ1n) is 6.82. The van der Waals surface area contributed by atoms with Crippen molar-refractivity contribution in [2.75, 3.05) is 6.54 Å². The van der Waals surface area contributed by atoms with Gasteiger partial charge in [0, 0.05) is 23.4 Å². The molecule has 0 aliphatic heterocycles. The summed E-state index contributed by atoms with van der Waals surface area (Å²) in [6, 6.07) is 7.02. The summed E-state index contributed by atoms with van der Waals surface area (Å²) < 4.78 is 14.0. The zero-order valence-corrected chi connectivity index (χ0v) is 13.0. The van der Waals surface area contributed by atoms with Crippen LogP contribution in [0.5, 0.6) is 0 Å². The molecule has 0 saturated heterocycles. The van der Waals surface area contributed by atoms with Gasteiger partial charge < -0.3 is 5.32 Å². The number of hydrogen-bond donors (Lipinski definition) is 1. The molecular weight excluding hydrogens is 271 g/mol. The lowest BCUT2D eigenvalue weighted by molar-refractivity contribution is 0.400. The highest BCUT2D eigenvalue weighted by atomic mass is 32.1. The Labute approximate surface area is 124 Å². The van der Waals surface area contributed by atoms with Crippen LogP contribution in [-0.4, -0.2) is 17.1 Å². The second kappa shape index (κ2) is 6.46. The highest BCUT2D eigenvalue weighted by Gasteiger charge is 2.19. The molecule has 108 valence electrons. The van der Waals surface area contributed by atoms with E-state index in [4.69, 9.17) is 0 Å². The highest BCUT2D eigenvalue weighted by Crippen LogP contribution is 2.23. The Morgan fingerprint density at radius 1 is 1.30 bits per heavy atom. The molecule has 20 heavy (non-hydrogen) atoms. The van der Waals surface area contributed by atoms with Gasteiger partial charge in [0.2, 0.25) is 0 Å². The quantitative estimate of drug-likeness (QED) is 0.901. The van der Waals surface area contributed by atoms with Crippen molar-refractivity contribution >= 4 is 11.3 Å². The molecule has 2 nitrogen and oxygen atoms in total. The van der Waals surface area contributed by atoms with Gasteiger partial charge in [-0.1, -0.05) is 18.2 Å². The molecule has 0 fully saturated rings. The molecule has 0 saturated carbocycles. The summed E-state index contributed by atoms with van der Waals surface area (Å²) in [7, 11) is 0. The van der Waals surface area contributed by atoms with Crippen LogP contribution in [0.3, 0.4) is 0 Å². The van der Waals surface area contributed by atoms with Gasteiger partial charge in [0.15, 0.2) is 0 Å². The third-order valence-corrected chi connectivity index (χ3v) is 3.80. The van der Waals surface area contributed by atoms with Gasteiger partial charge >= 0.3 is 0 Å². The van der Waals surface area contributed by atoms with Crippen molar-refractivity contribution < 1.29 is 4.39 Å². The molecule has 0 amide bonds. The van der Waals surface area contributed by atoms with Crippen LogP contribution in [0.2, 0.25) is 0 Å². The van der Waals surface area contributed by atoms with E-state index in [0.717, 1.165) is 24.2 Å². The largest absolute Gasteiger partial charge is 0.311 e. The molecule has 2 aromatic rings. The van der Waals surface area contributed by atoms with E-state index >= 15 is 0 Å². The second-order valence-electron chi connectivity index (χ2n) is 6.03. The lowest BCUT2D eigenvalue weighted by atomic mass is 9.93. The number of nitrogens with one attached hydrogen (secondary N) is 1. The van der Waals surface area contributed by atoms with Gasteiger partial charge in [0.1, 0.15) is 5.82 Å². The molecule has 2 rings (SSSR count). The molecule has 1 unspecified atom stereocenters. The minimum atomic E-state index is -0.136. The van der Waals surface area contributed by atoms with Crippen LogP contribution in [0.4, 0.5) is 4.39 Å². The zero-order valence-electron chi connectivity index (χ0n) is 12.2. The molecular formula is C16H21FN2S. The van der Waals surface area contributed by atoms with Crippen LogP contribution in [0.25, 0.3) is 0 Å². The van der Waals surface area contributed by atoms with E-state index in [-0.39, 0.29) is 17.3 Å². The second-order valence-corrected chi connectivity index (χ2v) is 6.75. The first-order chi connectivity index (χ1) is 9.46. The van der Waals surface area contributed by atoms with Gasteiger partial charge in [0.05, 0.1) is 11.2 Å². The van der Waals surface area contributed by atoms with Crippen LogP contribution in [-0.2, 0) is 6.42 Å².